The molecule has 164 valence electrons. The molecule has 0 fully saturated rings. The fraction of sp³-hybridized carbons (Fsp3) is 0.192. The number of carbonyl (C=O) groups excluding carboxylic acids is 1. The minimum absolute atomic E-state index is 0.0369. The smallest absolute Gasteiger partial charge is 0.267 e. The highest BCUT2D eigenvalue weighted by Gasteiger charge is 2.21. The van der Waals surface area contributed by atoms with E-state index in [2.05, 4.69) is 34.6 Å². The van der Waals surface area contributed by atoms with Crippen LogP contribution in [0.25, 0.3) is 10.9 Å². The van der Waals surface area contributed by atoms with Gasteiger partial charge in [0, 0.05) is 23.9 Å². The van der Waals surface area contributed by atoms with Crippen molar-refractivity contribution in [3.05, 3.63) is 89.6 Å². The normalized spacial score (nSPS) is 10.9. The number of nitrogens with one attached hydrogen (secondary N) is 2. The van der Waals surface area contributed by atoms with Crippen molar-refractivity contribution in [3.63, 3.8) is 0 Å². The number of aromatic amines is 1. The highest BCUT2D eigenvalue weighted by molar-refractivity contribution is 6.02. The van der Waals surface area contributed by atoms with E-state index in [1.807, 2.05) is 36.4 Å². The lowest BCUT2D eigenvalue weighted by Crippen LogP contribution is -2.29. The third-order valence-corrected chi connectivity index (χ3v) is 5.56. The Labute approximate surface area is 187 Å². The van der Waals surface area contributed by atoms with Gasteiger partial charge in [0.25, 0.3) is 5.91 Å². The number of benzene rings is 3. The zero-order valence-corrected chi connectivity index (χ0v) is 18.3. The minimum Gasteiger partial charge on any atom is -0.496 e. The molecular formula is C26H26N2O4. The molecule has 3 aromatic carbocycles. The minimum atomic E-state index is -0.207. The van der Waals surface area contributed by atoms with Crippen molar-refractivity contribution in [2.24, 2.45) is 0 Å². The quantitative estimate of drug-likeness (QED) is 0.423. The van der Waals surface area contributed by atoms with Crippen LogP contribution >= 0.6 is 0 Å². The number of rotatable bonds is 8. The highest BCUT2D eigenvalue weighted by atomic mass is 16.5. The molecule has 6 nitrogen and oxygen atoms in total. The number of methoxy groups -OCH3 is 3. The molecule has 1 heterocycles. The van der Waals surface area contributed by atoms with Gasteiger partial charge in [-0.15, -0.1) is 0 Å². The van der Waals surface area contributed by atoms with E-state index in [9.17, 15) is 4.79 Å². The summed E-state index contributed by atoms with van der Waals surface area (Å²) in [7, 11) is 4.71. The van der Waals surface area contributed by atoms with Gasteiger partial charge in [-0.1, -0.05) is 60.7 Å². The fourth-order valence-electron chi connectivity index (χ4n) is 3.95. The summed E-state index contributed by atoms with van der Waals surface area (Å²) in [6.45, 7) is 0.458. The standard InChI is InChI=1S/C26H26N2O4/c1-30-22-15-23(31-2)25(32-3)24-19(22)14-21(28-24)26(29)27-16-20(17-10-6-4-7-11-17)18-12-8-5-9-13-18/h4-15,20,28H,16H2,1-3H3,(H,27,29). The second-order valence-electron chi connectivity index (χ2n) is 7.37. The maximum Gasteiger partial charge on any atom is 0.267 e. The number of amides is 1. The molecule has 6 heteroatoms. The number of hydrogen-bond acceptors (Lipinski definition) is 4. The second kappa shape index (κ2) is 9.47. The van der Waals surface area contributed by atoms with Crippen molar-refractivity contribution in [2.75, 3.05) is 27.9 Å². The third-order valence-electron chi connectivity index (χ3n) is 5.56. The van der Waals surface area contributed by atoms with E-state index in [0.29, 0.717) is 35.0 Å². The molecule has 0 radical (unpaired) electrons. The van der Waals surface area contributed by atoms with Crippen molar-refractivity contribution in [1.82, 2.24) is 10.3 Å². The molecule has 0 aliphatic heterocycles. The van der Waals surface area contributed by atoms with E-state index in [-0.39, 0.29) is 11.8 Å². The van der Waals surface area contributed by atoms with Crippen LogP contribution in [0, 0.1) is 0 Å². The average molecular weight is 431 g/mol. The van der Waals surface area contributed by atoms with Gasteiger partial charge in [-0.05, 0) is 17.2 Å². The first-order chi connectivity index (χ1) is 15.7. The molecule has 0 bridgehead atoms. The van der Waals surface area contributed by atoms with E-state index >= 15 is 0 Å². The van der Waals surface area contributed by atoms with E-state index in [0.717, 1.165) is 16.5 Å². The van der Waals surface area contributed by atoms with Crippen molar-refractivity contribution in [3.8, 4) is 17.2 Å². The van der Waals surface area contributed by atoms with Crippen LogP contribution in [0.2, 0.25) is 0 Å². The number of aromatic nitrogens is 1. The molecule has 0 saturated carbocycles. The van der Waals surface area contributed by atoms with Crippen LogP contribution in [-0.4, -0.2) is 38.8 Å². The van der Waals surface area contributed by atoms with Crippen LogP contribution < -0.4 is 19.5 Å². The number of carbonyl (C=O) groups is 1. The summed E-state index contributed by atoms with van der Waals surface area (Å²) in [6.07, 6.45) is 0. The topological polar surface area (TPSA) is 72.6 Å². The van der Waals surface area contributed by atoms with Gasteiger partial charge in [0.05, 0.1) is 26.8 Å². The molecule has 0 spiro atoms. The molecule has 2 N–H and O–H groups in total. The molecule has 0 aliphatic rings. The van der Waals surface area contributed by atoms with E-state index in [1.54, 1.807) is 33.5 Å². The van der Waals surface area contributed by atoms with E-state index in [1.165, 1.54) is 0 Å². The molecule has 0 aliphatic carbocycles. The molecule has 4 aromatic rings. The van der Waals surface area contributed by atoms with Crippen molar-refractivity contribution < 1.29 is 19.0 Å². The molecule has 0 saturated heterocycles. The predicted octanol–water partition coefficient (Wildman–Crippen LogP) is 4.76. The van der Waals surface area contributed by atoms with Crippen molar-refractivity contribution in [2.45, 2.75) is 5.92 Å². The Morgan fingerprint density at radius 3 is 1.97 bits per heavy atom. The summed E-state index contributed by atoms with van der Waals surface area (Å²) >= 11 is 0. The molecule has 0 atom stereocenters. The van der Waals surface area contributed by atoms with Crippen LogP contribution in [0.4, 0.5) is 0 Å². The van der Waals surface area contributed by atoms with Crippen LogP contribution in [0.1, 0.15) is 27.5 Å². The van der Waals surface area contributed by atoms with Crippen LogP contribution in [0.15, 0.2) is 72.8 Å². The lowest BCUT2D eigenvalue weighted by molar-refractivity contribution is 0.0948. The summed E-state index contributed by atoms with van der Waals surface area (Å²) in [5, 5.41) is 3.83. The summed E-state index contributed by atoms with van der Waals surface area (Å²) in [6, 6.07) is 23.9. The van der Waals surface area contributed by atoms with Gasteiger partial charge in [-0.25, -0.2) is 0 Å². The van der Waals surface area contributed by atoms with E-state index in [4.69, 9.17) is 14.2 Å². The number of H-pyrrole nitrogens is 1. The lowest BCUT2D eigenvalue weighted by Gasteiger charge is -2.18. The number of fused-ring (bicyclic) bond motifs is 1. The third kappa shape index (κ3) is 4.12. The highest BCUT2D eigenvalue weighted by Crippen LogP contribution is 2.41. The Kier molecular flexibility index (Phi) is 6.31. The van der Waals surface area contributed by atoms with Gasteiger partial charge in [-0.2, -0.15) is 0 Å². The first-order valence-electron chi connectivity index (χ1n) is 10.4. The first-order valence-corrected chi connectivity index (χ1v) is 10.4. The van der Waals surface area contributed by atoms with Crippen LogP contribution in [0.5, 0.6) is 17.2 Å². The van der Waals surface area contributed by atoms with Gasteiger partial charge < -0.3 is 24.5 Å². The molecule has 32 heavy (non-hydrogen) atoms. The summed E-state index contributed by atoms with van der Waals surface area (Å²) in [5.41, 5.74) is 3.36. The predicted molar refractivity (Wildman–Crippen MR) is 125 cm³/mol. The zero-order valence-electron chi connectivity index (χ0n) is 18.3. The largest absolute Gasteiger partial charge is 0.496 e. The summed E-state index contributed by atoms with van der Waals surface area (Å²) < 4.78 is 16.4. The number of ether oxygens (including phenoxy) is 3. The van der Waals surface area contributed by atoms with E-state index < -0.39 is 0 Å². The van der Waals surface area contributed by atoms with Crippen molar-refractivity contribution in [1.29, 1.82) is 0 Å². The summed E-state index contributed by atoms with van der Waals surface area (Å²) in [5.74, 6) is 1.48. The first kappa shape index (κ1) is 21.3. The fourth-order valence-corrected chi connectivity index (χ4v) is 3.95. The molecule has 0 unspecified atom stereocenters. The van der Waals surface area contributed by atoms with Gasteiger partial charge in [0.1, 0.15) is 11.4 Å². The van der Waals surface area contributed by atoms with Gasteiger partial charge >= 0.3 is 0 Å². The van der Waals surface area contributed by atoms with Crippen LogP contribution in [0.3, 0.4) is 0 Å². The monoisotopic (exact) mass is 430 g/mol. The Morgan fingerprint density at radius 2 is 1.44 bits per heavy atom. The Bertz CT molecular complexity index is 1160. The average Bonchev–Trinajstić information content (AvgIpc) is 3.30. The molecular weight excluding hydrogens is 404 g/mol. The van der Waals surface area contributed by atoms with Crippen LogP contribution in [-0.2, 0) is 0 Å². The zero-order chi connectivity index (χ0) is 22.5. The van der Waals surface area contributed by atoms with Crippen molar-refractivity contribution >= 4 is 16.8 Å². The molecule has 1 aromatic heterocycles. The Morgan fingerprint density at radius 1 is 0.844 bits per heavy atom. The maximum atomic E-state index is 13.1. The van der Waals surface area contributed by atoms with Gasteiger partial charge in [0.15, 0.2) is 11.5 Å². The second-order valence-corrected chi connectivity index (χ2v) is 7.37. The molecule has 1 amide bonds. The Hall–Kier alpha value is -3.93. The maximum absolute atomic E-state index is 13.1. The number of hydrogen-bond donors (Lipinski definition) is 2. The van der Waals surface area contributed by atoms with Gasteiger partial charge in [-0.3, -0.25) is 4.79 Å². The molecule has 4 rings (SSSR count). The lowest BCUT2D eigenvalue weighted by atomic mass is 9.91. The van der Waals surface area contributed by atoms with Gasteiger partial charge in [0.2, 0.25) is 0 Å². The summed E-state index contributed by atoms with van der Waals surface area (Å²) in [4.78, 5) is 16.3. The Balaban J connectivity index is 1.63. The SMILES string of the molecule is COc1cc(OC)c2cc(C(=O)NCC(c3ccccc3)c3ccccc3)[nH]c2c1OC.